The number of carbonyl (C=O) groups is 1. The molecule has 0 saturated heterocycles. The van der Waals surface area contributed by atoms with Crippen LogP contribution in [0, 0.1) is 0 Å². The third-order valence-electron chi connectivity index (χ3n) is 3.19. The standard InChI is InChI=1S/C16H22N2O2S/c1-11(2)17-14(16(19)20-3)8-9-21-15-10-12-6-4-5-7-13(12)18-15/h4-7,10-11,14,17-18H,8-9H2,1-3H3. The van der Waals surface area contributed by atoms with Gasteiger partial charge in [-0.15, -0.1) is 11.8 Å². The second kappa shape index (κ2) is 7.52. The predicted octanol–water partition coefficient (Wildman–Crippen LogP) is 3.19. The Kier molecular flexibility index (Phi) is 5.70. The molecule has 1 unspecified atom stereocenters. The van der Waals surface area contributed by atoms with Crippen LogP contribution in [0.1, 0.15) is 20.3 Å². The molecule has 0 fully saturated rings. The van der Waals surface area contributed by atoms with Crippen LogP contribution >= 0.6 is 11.8 Å². The zero-order valence-corrected chi connectivity index (χ0v) is 13.5. The van der Waals surface area contributed by atoms with E-state index in [-0.39, 0.29) is 18.1 Å². The number of esters is 1. The fraction of sp³-hybridized carbons (Fsp3) is 0.438. The van der Waals surface area contributed by atoms with Crippen molar-refractivity contribution in [3.8, 4) is 0 Å². The van der Waals surface area contributed by atoms with E-state index in [1.165, 1.54) is 12.5 Å². The molecule has 0 radical (unpaired) electrons. The van der Waals surface area contributed by atoms with Crippen molar-refractivity contribution >= 4 is 28.6 Å². The van der Waals surface area contributed by atoms with Gasteiger partial charge in [0.1, 0.15) is 6.04 Å². The summed E-state index contributed by atoms with van der Waals surface area (Å²) in [5.74, 6) is 0.660. The molecule has 5 heteroatoms. The molecule has 2 N–H and O–H groups in total. The second-order valence-electron chi connectivity index (χ2n) is 5.26. The quantitative estimate of drug-likeness (QED) is 0.609. The number of benzene rings is 1. The molecule has 0 aliphatic heterocycles. The van der Waals surface area contributed by atoms with Gasteiger partial charge < -0.3 is 15.0 Å². The molecule has 0 bridgehead atoms. The van der Waals surface area contributed by atoms with Crippen molar-refractivity contribution in [3.63, 3.8) is 0 Å². The Morgan fingerprint density at radius 3 is 2.81 bits per heavy atom. The normalized spacial score (nSPS) is 12.8. The number of methoxy groups -OCH3 is 1. The molecule has 1 heterocycles. The summed E-state index contributed by atoms with van der Waals surface area (Å²) in [6.07, 6.45) is 0.741. The maximum Gasteiger partial charge on any atom is 0.322 e. The molecule has 0 aliphatic carbocycles. The van der Waals surface area contributed by atoms with E-state index in [9.17, 15) is 4.79 Å². The first-order valence-corrected chi connectivity index (χ1v) is 8.13. The van der Waals surface area contributed by atoms with E-state index in [1.807, 2.05) is 26.0 Å². The largest absolute Gasteiger partial charge is 0.468 e. The number of ether oxygens (including phenoxy) is 1. The van der Waals surface area contributed by atoms with E-state index in [2.05, 4.69) is 28.5 Å². The summed E-state index contributed by atoms with van der Waals surface area (Å²) in [5, 5.41) is 5.59. The van der Waals surface area contributed by atoms with Crippen molar-refractivity contribution in [2.75, 3.05) is 12.9 Å². The van der Waals surface area contributed by atoms with Crippen LogP contribution in [0.3, 0.4) is 0 Å². The number of aromatic amines is 1. The highest BCUT2D eigenvalue weighted by molar-refractivity contribution is 7.99. The predicted molar refractivity (Wildman–Crippen MR) is 87.7 cm³/mol. The first-order chi connectivity index (χ1) is 10.1. The summed E-state index contributed by atoms with van der Waals surface area (Å²) >= 11 is 1.73. The van der Waals surface area contributed by atoms with Crippen molar-refractivity contribution in [2.24, 2.45) is 0 Å². The van der Waals surface area contributed by atoms with Gasteiger partial charge in [-0.25, -0.2) is 0 Å². The van der Waals surface area contributed by atoms with Crippen LogP contribution in [0.25, 0.3) is 10.9 Å². The van der Waals surface area contributed by atoms with Crippen molar-refractivity contribution in [1.82, 2.24) is 10.3 Å². The van der Waals surface area contributed by atoms with E-state index in [4.69, 9.17) is 4.74 Å². The third-order valence-corrected chi connectivity index (χ3v) is 4.16. The zero-order valence-electron chi connectivity index (χ0n) is 12.7. The average Bonchev–Trinajstić information content (AvgIpc) is 2.87. The summed E-state index contributed by atoms with van der Waals surface area (Å²) in [5.41, 5.74) is 1.14. The number of hydrogen-bond acceptors (Lipinski definition) is 4. The van der Waals surface area contributed by atoms with Gasteiger partial charge in [0.2, 0.25) is 0 Å². The van der Waals surface area contributed by atoms with Gasteiger partial charge >= 0.3 is 5.97 Å². The molecule has 0 spiro atoms. The number of carbonyl (C=O) groups excluding carboxylic acids is 1. The molecular formula is C16H22N2O2S. The zero-order chi connectivity index (χ0) is 15.2. The lowest BCUT2D eigenvalue weighted by Gasteiger charge is -2.18. The first kappa shape index (κ1) is 15.9. The fourth-order valence-electron chi connectivity index (χ4n) is 2.23. The van der Waals surface area contributed by atoms with E-state index in [1.54, 1.807) is 11.8 Å². The summed E-state index contributed by atoms with van der Waals surface area (Å²) in [6.45, 7) is 4.06. The number of fused-ring (bicyclic) bond motifs is 1. The van der Waals surface area contributed by atoms with E-state index < -0.39 is 0 Å². The molecule has 1 atom stereocenters. The van der Waals surface area contributed by atoms with Crippen LogP contribution in [0.15, 0.2) is 35.4 Å². The SMILES string of the molecule is COC(=O)C(CCSc1cc2ccccc2[nH]1)NC(C)C. The third kappa shape index (κ3) is 4.51. The Bertz CT molecular complexity index is 562. The van der Waals surface area contributed by atoms with Gasteiger partial charge in [0.05, 0.1) is 12.1 Å². The van der Waals surface area contributed by atoms with E-state index >= 15 is 0 Å². The Morgan fingerprint density at radius 2 is 2.14 bits per heavy atom. The van der Waals surface area contributed by atoms with E-state index in [0.717, 1.165) is 22.7 Å². The summed E-state index contributed by atoms with van der Waals surface area (Å²) in [7, 11) is 1.43. The number of nitrogens with one attached hydrogen (secondary N) is 2. The lowest BCUT2D eigenvalue weighted by Crippen LogP contribution is -2.41. The maximum atomic E-state index is 11.7. The first-order valence-electron chi connectivity index (χ1n) is 7.14. The number of rotatable bonds is 7. The number of H-pyrrole nitrogens is 1. The molecule has 0 aliphatic rings. The van der Waals surface area contributed by atoms with Crippen LogP contribution in [-0.4, -0.2) is 35.9 Å². The molecule has 2 aromatic rings. The van der Waals surface area contributed by atoms with Crippen molar-refractivity contribution < 1.29 is 9.53 Å². The van der Waals surface area contributed by atoms with Crippen molar-refractivity contribution in [1.29, 1.82) is 0 Å². The minimum atomic E-state index is -0.244. The number of para-hydroxylation sites is 1. The number of aromatic nitrogens is 1. The Hall–Kier alpha value is -1.46. The van der Waals surface area contributed by atoms with Crippen LogP contribution in [0.4, 0.5) is 0 Å². The Balaban J connectivity index is 1.90. The highest BCUT2D eigenvalue weighted by Gasteiger charge is 2.19. The van der Waals surface area contributed by atoms with Gasteiger partial charge in [-0.3, -0.25) is 4.79 Å². The van der Waals surface area contributed by atoms with Gasteiger partial charge in [-0.2, -0.15) is 0 Å². The molecule has 2 rings (SSSR count). The Morgan fingerprint density at radius 1 is 1.38 bits per heavy atom. The van der Waals surface area contributed by atoms with Crippen LogP contribution in [0.2, 0.25) is 0 Å². The topological polar surface area (TPSA) is 54.1 Å². The minimum Gasteiger partial charge on any atom is -0.468 e. The molecule has 0 amide bonds. The van der Waals surface area contributed by atoms with Gasteiger partial charge in [-0.05, 0) is 18.6 Å². The molecule has 1 aromatic heterocycles. The van der Waals surface area contributed by atoms with Crippen molar-refractivity contribution in [3.05, 3.63) is 30.3 Å². The molecule has 4 nitrogen and oxygen atoms in total. The van der Waals surface area contributed by atoms with Crippen LogP contribution in [0.5, 0.6) is 0 Å². The Labute approximate surface area is 129 Å². The van der Waals surface area contributed by atoms with E-state index in [0.29, 0.717) is 0 Å². The smallest absolute Gasteiger partial charge is 0.322 e. The molecule has 0 saturated carbocycles. The highest BCUT2D eigenvalue weighted by atomic mass is 32.2. The average molecular weight is 306 g/mol. The lowest BCUT2D eigenvalue weighted by atomic mass is 10.2. The second-order valence-corrected chi connectivity index (χ2v) is 6.39. The summed E-state index contributed by atoms with van der Waals surface area (Å²) in [4.78, 5) is 15.1. The maximum absolute atomic E-state index is 11.7. The lowest BCUT2D eigenvalue weighted by molar-refractivity contribution is -0.143. The number of hydrogen-bond donors (Lipinski definition) is 2. The number of thioether (sulfide) groups is 1. The van der Waals surface area contributed by atoms with Gasteiger partial charge in [0.15, 0.2) is 0 Å². The monoisotopic (exact) mass is 306 g/mol. The molecular weight excluding hydrogens is 284 g/mol. The molecule has 1 aromatic carbocycles. The van der Waals surface area contributed by atoms with Gasteiger partial charge in [0, 0.05) is 22.7 Å². The van der Waals surface area contributed by atoms with Crippen molar-refractivity contribution in [2.45, 2.75) is 37.4 Å². The van der Waals surface area contributed by atoms with Crippen LogP contribution < -0.4 is 5.32 Å². The van der Waals surface area contributed by atoms with Crippen LogP contribution in [-0.2, 0) is 9.53 Å². The van der Waals surface area contributed by atoms with Gasteiger partial charge in [0.25, 0.3) is 0 Å². The molecule has 114 valence electrons. The highest BCUT2D eigenvalue weighted by Crippen LogP contribution is 2.24. The minimum absolute atomic E-state index is 0.194. The molecule has 21 heavy (non-hydrogen) atoms. The van der Waals surface area contributed by atoms with Gasteiger partial charge in [-0.1, -0.05) is 32.0 Å². The fourth-order valence-corrected chi connectivity index (χ4v) is 3.19. The summed E-state index contributed by atoms with van der Waals surface area (Å²) in [6, 6.07) is 10.4. The summed E-state index contributed by atoms with van der Waals surface area (Å²) < 4.78 is 4.85.